The summed E-state index contributed by atoms with van der Waals surface area (Å²) in [7, 11) is 0. The summed E-state index contributed by atoms with van der Waals surface area (Å²) in [6.07, 6.45) is 5.21. The van der Waals surface area contributed by atoms with Crippen molar-refractivity contribution in [3.8, 4) is 11.3 Å². The van der Waals surface area contributed by atoms with Crippen LogP contribution in [0.15, 0.2) is 59.6 Å². The predicted molar refractivity (Wildman–Crippen MR) is 96.5 cm³/mol. The van der Waals surface area contributed by atoms with Crippen molar-refractivity contribution in [2.24, 2.45) is 0 Å². The van der Waals surface area contributed by atoms with Gasteiger partial charge in [-0.2, -0.15) is 0 Å². The van der Waals surface area contributed by atoms with Crippen LogP contribution >= 0.6 is 12.6 Å². The van der Waals surface area contributed by atoms with Gasteiger partial charge in [0.25, 0.3) is 0 Å². The zero-order valence-electron chi connectivity index (χ0n) is 12.7. The highest BCUT2D eigenvalue weighted by Crippen LogP contribution is 2.31. The molecule has 4 heteroatoms. The van der Waals surface area contributed by atoms with E-state index in [-0.39, 0.29) is 0 Å². The van der Waals surface area contributed by atoms with Crippen molar-refractivity contribution in [1.29, 1.82) is 0 Å². The number of aromatic nitrogens is 2. The fourth-order valence-corrected chi connectivity index (χ4v) is 3.26. The summed E-state index contributed by atoms with van der Waals surface area (Å²) in [6.45, 7) is 0. The fraction of sp³-hybridized carbons (Fsp3) is 0.158. The van der Waals surface area contributed by atoms with Gasteiger partial charge < -0.3 is 5.32 Å². The van der Waals surface area contributed by atoms with Crippen LogP contribution in [0.1, 0.15) is 17.5 Å². The van der Waals surface area contributed by atoms with E-state index in [1.807, 2.05) is 30.5 Å². The Morgan fingerprint density at radius 3 is 2.74 bits per heavy atom. The Hall–Kier alpha value is -2.33. The second-order valence-corrected chi connectivity index (χ2v) is 6.27. The number of thiol groups is 1. The summed E-state index contributed by atoms with van der Waals surface area (Å²) in [5, 5.41) is 3.27. The minimum absolute atomic E-state index is 0.624. The normalized spacial score (nSPS) is 12.9. The Labute approximate surface area is 141 Å². The molecule has 0 saturated carbocycles. The first-order chi connectivity index (χ1) is 11.3. The Kier molecular flexibility index (Phi) is 3.75. The van der Waals surface area contributed by atoms with Gasteiger partial charge in [0.1, 0.15) is 0 Å². The number of anilines is 2. The van der Waals surface area contributed by atoms with Gasteiger partial charge in [0, 0.05) is 22.3 Å². The van der Waals surface area contributed by atoms with Crippen molar-refractivity contribution in [3.63, 3.8) is 0 Å². The molecular formula is C19H17N3S. The molecule has 1 aromatic heterocycles. The third-order valence-electron chi connectivity index (χ3n) is 4.13. The molecule has 2 aromatic carbocycles. The third-order valence-corrected chi connectivity index (χ3v) is 4.41. The van der Waals surface area contributed by atoms with E-state index in [2.05, 4.69) is 47.2 Å². The average molecular weight is 319 g/mol. The molecule has 0 amide bonds. The number of aryl methyl sites for hydroxylation is 2. The molecule has 0 radical (unpaired) electrons. The lowest BCUT2D eigenvalue weighted by Gasteiger charge is -2.11. The van der Waals surface area contributed by atoms with Crippen molar-refractivity contribution in [3.05, 3.63) is 65.9 Å². The summed E-state index contributed by atoms with van der Waals surface area (Å²) in [5.41, 5.74) is 5.82. The van der Waals surface area contributed by atoms with Crippen LogP contribution in [0.2, 0.25) is 0 Å². The minimum atomic E-state index is 0.624. The molecule has 3 nitrogen and oxygen atoms in total. The zero-order valence-corrected chi connectivity index (χ0v) is 13.6. The molecule has 0 fully saturated rings. The third kappa shape index (κ3) is 2.94. The number of benzene rings is 2. The van der Waals surface area contributed by atoms with Gasteiger partial charge in [-0.25, -0.2) is 9.97 Å². The summed E-state index contributed by atoms with van der Waals surface area (Å²) in [5.74, 6) is 0.624. The van der Waals surface area contributed by atoms with Crippen LogP contribution in [0.3, 0.4) is 0 Å². The van der Waals surface area contributed by atoms with Crippen LogP contribution < -0.4 is 5.32 Å². The second kappa shape index (κ2) is 6.05. The molecule has 4 rings (SSSR count). The number of rotatable bonds is 2. The molecule has 114 valence electrons. The summed E-state index contributed by atoms with van der Waals surface area (Å²) < 4.78 is 0. The van der Waals surface area contributed by atoms with Gasteiger partial charge in [-0.05, 0) is 48.6 Å². The van der Waals surface area contributed by atoms with Crippen LogP contribution in [0, 0.1) is 0 Å². The van der Waals surface area contributed by atoms with E-state index in [9.17, 15) is 0 Å². The molecule has 0 spiro atoms. The Morgan fingerprint density at radius 2 is 1.83 bits per heavy atom. The number of hydrogen-bond acceptors (Lipinski definition) is 4. The van der Waals surface area contributed by atoms with E-state index in [0.717, 1.165) is 35.5 Å². The lowest BCUT2D eigenvalue weighted by Crippen LogP contribution is -2.01. The minimum Gasteiger partial charge on any atom is -0.324 e. The molecule has 1 aliphatic rings. The fourth-order valence-electron chi connectivity index (χ4n) is 3.03. The van der Waals surface area contributed by atoms with E-state index in [0.29, 0.717) is 5.95 Å². The van der Waals surface area contributed by atoms with Crippen LogP contribution in [0.5, 0.6) is 0 Å². The maximum atomic E-state index is 4.79. The largest absolute Gasteiger partial charge is 0.324 e. The molecular weight excluding hydrogens is 302 g/mol. The topological polar surface area (TPSA) is 37.8 Å². The first kappa shape index (κ1) is 14.3. The first-order valence-electron chi connectivity index (χ1n) is 7.80. The molecule has 0 atom stereocenters. The predicted octanol–water partition coefficient (Wildman–Crippen LogP) is 4.66. The molecule has 0 aliphatic heterocycles. The molecule has 0 unspecified atom stereocenters. The van der Waals surface area contributed by atoms with Gasteiger partial charge in [-0.15, -0.1) is 12.6 Å². The van der Waals surface area contributed by atoms with Crippen molar-refractivity contribution in [1.82, 2.24) is 9.97 Å². The van der Waals surface area contributed by atoms with Gasteiger partial charge in [0.15, 0.2) is 0 Å². The lowest BCUT2D eigenvalue weighted by atomic mass is 10.0. The second-order valence-electron chi connectivity index (χ2n) is 5.75. The Bertz CT molecular complexity index is 861. The highest BCUT2D eigenvalue weighted by atomic mass is 32.1. The summed E-state index contributed by atoms with van der Waals surface area (Å²) >= 11 is 4.37. The quantitative estimate of drug-likeness (QED) is 0.674. The van der Waals surface area contributed by atoms with E-state index in [4.69, 9.17) is 4.98 Å². The van der Waals surface area contributed by atoms with Crippen molar-refractivity contribution < 1.29 is 0 Å². The van der Waals surface area contributed by atoms with E-state index < -0.39 is 0 Å². The van der Waals surface area contributed by atoms with Crippen LogP contribution in [0.25, 0.3) is 11.3 Å². The molecule has 23 heavy (non-hydrogen) atoms. The summed E-state index contributed by atoms with van der Waals surface area (Å²) in [4.78, 5) is 10.2. The van der Waals surface area contributed by atoms with E-state index in [1.165, 1.54) is 16.7 Å². The van der Waals surface area contributed by atoms with Gasteiger partial charge in [-0.1, -0.05) is 30.3 Å². The molecule has 0 bridgehead atoms. The number of fused-ring (bicyclic) bond motifs is 3. The van der Waals surface area contributed by atoms with Crippen molar-refractivity contribution >= 4 is 24.3 Å². The molecule has 1 heterocycles. The molecule has 1 N–H and O–H groups in total. The molecule has 1 aliphatic carbocycles. The van der Waals surface area contributed by atoms with E-state index in [1.54, 1.807) is 0 Å². The SMILES string of the molecule is Sc1cccc(Nc2ncc3c(n2)-c2ccccc2CCC3)c1. The number of nitrogens with zero attached hydrogens (tertiary/aromatic N) is 2. The van der Waals surface area contributed by atoms with Gasteiger partial charge in [0.05, 0.1) is 5.69 Å². The van der Waals surface area contributed by atoms with Gasteiger partial charge in [0.2, 0.25) is 5.95 Å². The number of nitrogens with one attached hydrogen (secondary N) is 1. The molecule has 3 aromatic rings. The Morgan fingerprint density at radius 1 is 0.957 bits per heavy atom. The average Bonchev–Trinajstić information content (AvgIpc) is 2.74. The van der Waals surface area contributed by atoms with Gasteiger partial charge in [-0.3, -0.25) is 0 Å². The standard InChI is InChI=1S/C19H17N3S/c23-16-9-4-8-15(11-16)21-19-20-12-14-7-3-6-13-5-1-2-10-17(13)18(14)22-19/h1-2,4-5,8-12,23H,3,6-7H2,(H,20,21,22). The van der Waals surface area contributed by atoms with Gasteiger partial charge >= 0.3 is 0 Å². The summed E-state index contributed by atoms with van der Waals surface area (Å²) in [6, 6.07) is 16.4. The lowest BCUT2D eigenvalue weighted by molar-refractivity contribution is 0.829. The smallest absolute Gasteiger partial charge is 0.227 e. The first-order valence-corrected chi connectivity index (χ1v) is 8.24. The maximum Gasteiger partial charge on any atom is 0.227 e. The van der Waals surface area contributed by atoms with E-state index >= 15 is 0 Å². The monoisotopic (exact) mass is 319 g/mol. The van der Waals surface area contributed by atoms with Crippen molar-refractivity contribution in [2.45, 2.75) is 24.2 Å². The maximum absolute atomic E-state index is 4.79. The highest BCUT2D eigenvalue weighted by Gasteiger charge is 2.16. The number of hydrogen-bond donors (Lipinski definition) is 2. The molecule has 0 saturated heterocycles. The highest BCUT2D eigenvalue weighted by molar-refractivity contribution is 7.80. The van der Waals surface area contributed by atoms with Crippen molar-refractivity contribution in [2.75, 3.05) is 5.32 Å². The van der Waals surface area contributed by atoms with Crippen LogP contribution in [-0.2, 0) is 12.8 Å². The van der Waals surface area contributed by atoms with Crippen LogP contribution in [0.4, 0.5) is 11.6 Å². The zero-order chi connectivity index (χ0) is 15.6. The Balaban J connectivity index is 1.75. The van der Waals surface area contributed by atoms with Crippen LogP contribution in [-0.4, -0.2) is 9.97 Å².